The summed E-state index contributed by atoms with van der Waals surface area (Å²) in [6.45, 7) is 3.88. The van der Waals surface area contributed by atoms with E-state index in [2.05, 4.69) is 45.2 Å². The molecule has 1 atom stereocenters. The molecule has 6 heteroatoms. The van der Waals surface area contributed by atoms with Gasteiger partial charge in [-0.25, -0.2) is 0 Å². The van der Waals surface area contributed by atoms with Crippen molar-refractivity contribution >= 4 is 27.7 Å². The Morgan fingerprint density at radius 1 is 1.42 bits per heavy atom. The molecule has 0 fully saturated rings. The molecule has 0 aliphatic carbocycles. The molecule has 0 aliphatic heterocycles. The number of benzene rings is 1. The highest BCUT2D eigenvalue weighted by Gasteiger charge is 2.09. The van der Waals surface area contributed by atoms with Crippen LogP contribution in [0.4, 0.5) is 0 Å². The predicted molar refractivity (Wildman–Crippen MR) is 79.3 cm³/mol. The number of nitrogens with zero attached hydrogens (tertiary/aromatic N) is 2. The number of hydrogen-bond donors (Lipinski definition) is 1. The van der Waals surface area contributed by atoms with E-state index in [-0.39, 0.29) is 6.04 Å². The predicted octanol–water partition coefficient (Wildman–Crippen LogP) is 3.57. The molecular weight excluding hydrogens is 326 g/mol. The molecular formula is C13H16BrN3OS. The van der Waals surface area contributed by atoms with E-state index in [0.29, 0.717) is 11.1 Å². The van der Waals surface area contributed by atoms with Gasteiger partial charge in [-0.2, -0.15) is 0 Å². The van der Waals surface area contributed by atoms with Gasteiger partial charge in [-0.1, -0.05) is 28.9 Å². The van der Waals surface area contributed by atoms with Gasteiger partial charge in [-0.15, -0.1) is 10.2 Å². The van der Waals surface area contributed by atoms with Gasteiger partial charge in [0.25, 0.3) is 5.22 Å². The summed E-state index contributed by atoms with van der Waals surface area (Å²) >= 11 is 5.04. The third kappa shape index (κ3) is 4.06. The van der Waals surface area contributed by atoms with E-state index in [1.165, 1.54) is 17.3 Å². The number of halogens is 1. The summed E-state index contributed by atoms with van der Waals surface area (Å²) in [6.07, 6.45) is 1.85. The Morgan fingerprint density at radius 3 is 2.79 bits per heavy atom. The lowest BCUT2D eigenvalue weighted by atomic mass is 10.1. The van der Waals surface area contributed by atoms with Gasteiger partial charge in [0.15, 0.2) is 0 Å². The van der Waals surface area contributed by atoms with Crippen LogP contribution in [0, 0.1) is 6.92 Å². The zero-order valence-electron chi connectivity index (χ0n) is 10.9. The second-order valence-electron chi connectivity index (χ2n) is 4.31. The first-order chi connectivity index (χ1) is 9.08. The highest BCUT2D eigenvalue weighted by atomic mass is 79.9. The Bertz CT molecular complexity index is 559. The molecule has 1 aromatic carbocycles. The third-order valence-electron chi connectivity index (χ3n) is 2.74. The minimum atomic E-state index is 0.202. The maximum atomic E-state index is 5.98. The fourth-order valence-electron chi connectivity index (χ4n) is 1.60. The lowest BCUT2D eigenvalue weighted by Gasteiger charge is -2.11. The van der Waals surface area contributed by atoms with E-state index in [1.54, 1.807) is 6.92 Å². The van der Waals surface area contributed by atoms with E-state index in [0.717, 1.165) is 22.2 Å². The fraction of sp³-hybridized carbons (Fsp3) is 0.385. The summed E-state index contributed by atoms with van der Waals surface area (Å²) in [6, 6.07) is 6.40. The van der Waals surface area contributed by atoms with Crippen LogP contribution in [0.3, 0.4) is 0 Å². The highest BCUT2D eigenvalue weighted by Crippen LogP contribution is 2.30. The Hall–Kier alpha value is -0.850. The van der Waals surface area contributed by atoms with Crippen molar-refractivity contribution in [3.63, 3.8) is 0 Å². The van der Waals surface area contributed by atoms with E-state index >= 15 is 0 Å². The van der Waals surface area contributed by atoms with Gasteiger partial charge < -0.3 is 10.2 Å². The van der Waals surface area contributed by atoms with Crippen LogP contribution in [0.25, 0.3) is 0 Å². The largest absolute Gasteiger partial charge is 0.416 e. The van der Waals surface area contributed by atoms with Gasteiger partial charge >= 0.3 is 0 Å². The molecule has 0 amide bonds. The van der Waals surface area contributed by atoms with Crippen LogP contribution in [0.1, 0.15) is 24.8 Å². The van der Waals surface area contributed by atoms with Crippen molar-refractivity contribution in [2.24, 2.45) is 5.73 Å². The van der Waals surface area contributed by atoms with E-state index < -0.39 is 0 Å². The molecule has 2 aromatic rings. The molecule has 0 bridgehead atoms. The first-order valence-corrected chi connectivity index (χ1v) is 7.71. The molecule has 1 aromatic heterocycles. The summed E-state index contributed by atoms with van der Waals surface area (Å²) in [5.74, 6) is 0.576. The Labute approximate surface area is 125 Å². The summed E-state index contributed by atoms with van der Waals surface area (Å²) < 4.78 is 6.41. The molecule has 1 heterocycles. The van der Waals surface area contributed by atoms with Gasteiger partial charge in [0.2, 0.25) is 5.89 Å². The molecule has 19 heavy (non-hydrogen) atoms. The van der Waals surface area contributed by atoms with Crippen molar-refractivity contribution in [2.75, 3.05) is 0 Å². The average Bonchev–Trinajstić information content (AvgIpc) is 2.78. The lowest BCUT2D eigenvalue weighted by Crippen LogP contribution is -2.21. The minimum absolute atomic E-state index is 0.202. The molecule has 0 aliphatic rings. The topological polar surface area (TPSA) is 64.9 Å². The second kappa shape index (κ2) is 6.54. The van der Waals surface area contributed by atoms with Crippen molar-refractivity contribution in [1.29, 1.82) is 0 Å². The fourth-order valence-corrected chi connectivity index (χ4v) is 3.05. The average molecular weight is 342 g/mol. The minimum Gasteiger partial charge on any atom is -0.416 e. The smallest absolute Gasteiger partial charge is 0.281 e. The summed E-state index contributed by atoms with van der Waals surface area (Å²) in [5.41, 5.74) is 7.20. The first kappa shape index (κ1) is 14.6. The van der Waals surface area contributed by atoms with Crippen LogP contribution < -0.4 is 5.73 Å². The zero-order chi connectivity index (χ0) is 13.8. The van der Waals surface area contributed by atoms with Crippen LogP contribution in [-0.2, 0) is 6.42 Å². The van der Waals surface area contributed by atoms with Crippen molar-refractivity contribution in [1.82, 2.24) is 10.2 Å². The van der Waals surface area contributed by atoms with Crippen molar-refractivity contribution < 1.29 is 4.42 Å². The van der Waals surface area contributed by atoms with E-state index in [4.69, 9.17) is 10.2 Å². The van der Waals surface area contributed by atoms with Crippen LogP contribution in [-0.4, -0.2) is 16.2 Å². The van der Waals surface area contributed by atoms with Gasteiger partial charge in [-0.05, 0) is 42.3 Å². The Kier molecular flexibility index (Phi) is 5.01. The molecule has 102 valence electrons. The maximum absolute atomic E-state index is 5.98. The molecule has 4 nitrogen and oxygen atoms in total. The number of aromatic nitrogens is 2. The van der Waals surface area contributed by atoms with Crippen molar-refractivity contribution in [3.05, 3.63) is 34.1 Å². The number of aryl methyl sites for hydroxylation is 1. The Morgan fingerprint density at radius 2 is 2.21 bits per heavy atom. The highest BCUT2D eigenvalue weighted by molar-refractivity contribution is 9.10. The van der Waals surface area contributed by atoms with Crippen molar-refractivity contribution in [3.8, 4) is 0 Å². The van der Waals surface area contributed by atoms with Crippen LogP contribution in [0.5, 0.6) is 0 Å². The number of nitrogens with two attached hydrogens (primary N) is 1. The molecule has 0 spiro atoms. The SMILES string of the molecule is CCC(N)Cc1ccc(Sc2nnc(C)o2)cc1Br. The van der Waals surface area contributed by atoms with Gasteiger partial charge in [0.1, 0.15) is 0 Å². The molecule has 2 N–H and O–H groups in total. The molecule has 0 saturated carbocycles. The first-order valence-electron chi connectivity index (χ1n) is 6.10. The van der Waals surface area contributed by atoms with Crippen molar-refractivity contribution in [2.45, 2.75) is 42.8 Å². The third-order valence-corrected chi connectivity index (χ3v) is 4.31. The lowest BCUT2D eigenvalue weighted by molar-refractivity contribution is 0.429. The quantitative estimate of drug-likeness (QED) is 0.900. The maximum Gasteiger partial charge on any atom is 0.281 e. The van der Waals surface area contributed by atoms with Crippen LogP contribution >= 0.6 is 27.7 Å². The second-order valence-corrected chi connectivity index (χ2v) is 6.19. The summed E-state index contributed by atoms with van der Waals surface area (Å²) in [5, 5.41) is 8.33. The van der Waals surface area contributed by atoms with Gasteiger partial charge in [-0.3, -0.25) is 0 Å². The summed E-state index contributed by atoms with van der Waals surface area (Å²) in [7, 11) is 0. The molecule has 2 rings (SSSR count). The summed E-state index contributed by atoms with van der Waals surface area (Å²) in [4.78, 5) is 1.06. The van der Waals surface area contributed by atoms with E-state index in [1.807, 2.05) is 6.07 Å². The normalized spacial score (nSPS) is 12.6. The monoisotopic (exact) mass is 341 g/mol. The Balaban J connectivity index is 2.10. The van der Waals surface area contributed by atoms with Gasteiger partial charge in [0, 0.05) is 22.3 Å². The molecule has 0 radical (unpaired) electrons. The molecule has 0 saturated heterocycles. The number of rotatable bonds is 5. The van der Waals surface area contributed by atoms with Gasteiger partial charge in [0.05, 0.1) is 0 Å². The standard InChI is InChI=1S/C13H16BrN3OS/c1-3-10(15)6-9-4-5-11(7-12(9)14)19-13-17-16-8(2)18-13/h4-5,7,10H,3,6,15H2,1-2H3. The zero-order valence-corrected chi connectivity index (χ0v) is 13.3. The van der Waals surface area contributed by atoms with Crippen LogP contribution in [0.2, 0.25) is 0 Å². The number of hydrogen-bond acceptors (Lipinski definition) is 5. The molecule has 1 unspecified atom stereocenters. The van der Waals surface area contributed by atoms with E-state index in [9.17, 15) is 0 Å². The van der Waals surface area contributed by atoms with Crippen LogP contribution in [0.15, 0.2) is 37.2 Å².